The van der Waals surface area contributed by atoms with Gasteiger partial charge in [0.1, 0.15) is 12.3 Å². The van der Waals surface area contributed by atoms with Crippen molar-refractivity contribution in [1.29, 1.82) is 0 Å². The lowest BCUT2D eigenvalue weighted by Gasteiger charge is -2.11. The van der Waals surface area contributed by atoms with E-state index in [1.807, 2.05) is 38.1 Å². The highest BCUT2D eigenvalue weighted by Gasteiger charge is 2.03. The van der Waals surface area contributed by atoms with Crippen molar-refractivity contribution in [2.45, 2.75) is 20.0 Å². The van der Waals surface area contributed by atoms with Crippen LogP contribution in [0.25, 0.3) is 0 Å². The van der Waals surface area contributed by atoms with Crippen molar-refractivity contribution in [3.63, 3.8) is 0 Å². The third-order valence-corrected chi connectivity index (χ3v) is 3.20. The monoisotopic (exact) mass is 350 g/mol. The molecule has 0 aliphatic heterocycles. The topological polar surface area (TPSA) is 88.7 Å². The molecule has 0 atom stereocenters. The summed E-state index contributed by atoms with van der Waals surface area (Å²) in [7, 11) is 0. The SMILES string of the molecule is C#Cc1cccc(NC(=O)CN=C(N)Nc2ccc(OC(C)C)cc2)c1. The highest BCUT2D eigenvalue weighted by molar-refractivity contribution is 5.97. The molecule has 26 heavy (non-hydrogen) atoms. The molecule has 2 aromatic rings. The highest BCUT2D eigenvalue weighted by atomic mass is 16.5. The summed E-state index contributed by atoms with van der Waals surface area (Å²) in [5, 5.41) is 5.65. The van der Waals surface area contributed by atoms with Gasteiger partial charge in [-0.2, -0.15) is 0 Å². The summed E-state index contributed by atoms with van der Waals surface area (Å²) >= 11 is 0. The summed E-state index contributed by atoms with van der Waals surface area (Å²) in [6, 6.07) is 14.3. The lowest BCUT2D eigenvalue weighted by atomic mass is 10.2. The van der Waals surface area contributed by atoms with Crippen molar-refractivity contribution in [2.24, 2.45) is 10.7 Å². The standard InChI is InChI=1S/C20H22N4O2/c1-4-15-6-5-7-17(12-15)23-19(25)13-22-20(21)24-16-8-10-18(11-9-16)26-14(2)3/h1,5-12,14H,13H2,2-3H3,(H,23,25)(H3,21,22,24). The van der Waals surface area contributed by atoms with Gasteiger partial charge in [0.15, 0.2) is 5.96 Å². The first-order chi connectivity index (χ1) is 12.5. The van der Waals surface area contributed by atoms with Crippen molar-refractivity contribution in [2.75, 3.05) is 17.2 Å². The van der Waals surface area contributed by atoms with Gasteiger partial charge in [0.25, 0.3) is 0 Å². The fourth-order valence-electron chi connectivity index (χ4n) is 2.12. The molecule has 0 unspecified atom stereocenters. The minimum Gasteiger partial charge on any atom is -0.491 e. The van der Waals surface area contributed by atoms with Gasteiger partial charge in [-0.1, -0.05) is 12.0 Å². The van der Waals surface area contributed by atoms with Crippen LogP contribution in [0.15, 0.2) is 53.5 Å². The molecule has 134 valence electrons. The van der Waals surface area contributed by atoms with Crippen LogP contribution in [-0.4, -0.2) is 24.5 Å². The van der Waals surface area contributed by atoms with Gasteiger partial charge < -0.3 is 21.1 Å². The second-order valence-corrected chi connectivity index (χ2v) is 5.79. The molecule has 0 aliphatic carbocycles. The molecule has 0 aliphatic rings. The maximum Gasteiger partial charge on any atom is 0.246 e. The predicted molar refractivity (Wildman–Crippen MR) is 105 cm³/mol. The second kappa shape index (κ2) is 9.14. The number of rotatable bonds is 6. The van der Waals surface area contributed by atoms with Crippen LogP contribution in [-0.2, 0) is 4.79 Å². The Kier molecular flexibility index (Phi) is 6.63. The summed E-state index contributed by atoms with van der Waals surface area (Å²) < 4.78 is 5.57. The number of benzene rings is 2. The van der Waals surface area contributed by atoms with Gasteiger partial charge in [-0.3, -0.25) is 4.79 Å². The van der Waals surface area contributed by atoms with Crippen molar-refractivity contribution in [1.82, 2.24) is 0 Å². The fraction of sp³-hybridized carbons (Fsp3) is 0.200. The molecule has 0 bridgehead atoms. The quantitative estimate of drug-likeness (QED) is 0.425. The van der Waals surface area contributed by atoms with Crippen LogP contribution < -0.4 is 21.1 Å². The van der Waals surface area contributed by atoms with Crippen molar-refractivity contribution in [3.05, 3.63) is 54.1 Å². The van der Waals surface area contributed by atoms with Gasteiger partial charge in [0.2, 0.25) is 5.91 Å². The van der Waals surface area contributed by atoms with Crippen LogP contribution in [0, 0.1) is 12.3 Å². The Morgan fingerprint density at radius 3 is 2.58 bits per heavy atom. The number of anilines is 2. The Balaban J connectivity index is 1.87. The average molecular weight is 350 g/mol. The lowest BCUT2D eigenvalue weighted by Crippen LogP contribution is -2.25. The molecular formula is C20H22N4O2. The van der Waals surface area contributed by atoms with E-state index in [9.17, 15) is 4.79 Å². The van der Waals surface area contributed by atoms with Gasteiger partial charge >= 0.3 is 0 Å². The van der Waals surface area contributed by atoms with Crippen molar-refractivity contribution < 1.29 is 9.53 Å². The fourth-order valence-corrected chi connectivity index (χ4v) is 2.12. The number of hydrogen-bond acceptors (Lipinski definition) is 3. The lowest BCUT2D eigenvalue weighted by molar-refractivity contribution is -0.114. The van der Waals surface area contributed by atoms with E-state index < -0.39 is 0 Å². The van der Waals surface area contributed by atoms with E-state index in [0.29, 0.717) is 11.3 Å². The van der Waals surface area contributed by atoms with Crippen LogP contribution in [0.3, 0.4) is 0 Å². The van der Waals surface area contributed by atoms with E-state index in [1.165, 1.54) is 0 Å². The molecule has 6 nitrogen and oxygen atoms in total. The van der Waals surface area contributed by atoms with Crippen LogP contribution in [0.4, 0.5) is 11.4 Å². The zero-order valence-electron chi connectivity index (χ0n) is 14.8. The smallest absolute Gasteiger partial charge is 0.246 e. The van der Waals surface area contributed by atoms with E-state index in [-0.39, 0.29) is 24.5 Å². The third-order valence-electron chi connectivity index (χ3n) is 3.20. The number of guanidine groups is 1. The average Bonchev–Trinajstić information content (AvgIpc) is 2.61. The first-order valence-electron chi connectivity index (χ1n) is 8.16. The largest absolute Gasteiger partial charge is 0.491 e. The summed E-state index contributed by atoms with van der Waals surface area (Å²) in [6.07, 6.45) is 5.45. The van der Waals surface area contributed by atoms with Crippen LogP contribution in [0.5, 0.6) is 5.75 Å². The van der Waals surface area contributed by atoms with Gasteiger partial charge in [0.05, 0.1) is 6.10 Å². The summed E-state index contributed by atoms with van der Waals surface area (Å²) in [5.41, 5.74) is 7.88. The van der Waals surface area contributed by atoms with E-state index in [1.54, 1.807) is 24.3 Å². The molecule has 2 aromatic carbocycles. The number of carbonyl (C=O) groups excluding carboxylic acids is 1. The molecular weight excluding hydrogens is 328 g/mol. The normalized spacial score (nSPS) is 10.9. The molecule has 0 aromatic heterocycles. The van der Waals surface area contributed by atoms with E-state index >= 15 is 0 Å². The predicted octanol–water partition coefficient (Wildman–Crippen LogP) is 2.82. The summed E-state index contributed by atoms with van der Waals surface area (Å²) in [6.45, 7) is 3.82. The van der Waals surface area contributed by atoms with Gasteiger partial charge in [0, 0.05) is 16.9 Å². The maximum atomic E-state index is 11.9. The number of amides is 1. The number of ether oxygens (including phenoxy) is 1. The number of nitrogens with one attached hydrogen (secondary N) is 2. The number of aliphatic imine (C=N–C) groups is 1. The number of terminal acetylenes is 1. The van der Waals surface area contributed by atoms with Gasteiger partial charge in [-0.15, -0.1) is 6.42 Å². The molecule has 6 heteroatoms. The Bertz CT molecular complexity index is 820. The van der Waals surface area contributed by atoms with Crippen LogP contribution in [0.2, 0.25) is 0 Å². The first kappa shape index (κ1) is 18.9. The number of carbonyl (C=O) groups is 1. The third kappa shape index (κ3) is 6.21. The van der Waals surface area contributed by atoms with Crippen molar-refractivity contribution >= 4 is 23.2 Å². The minimum absolute atomic E-state index is 0.104. The molecule has 0 radical (unpaired) electrons. The highest BCUT2D eigenvalue weighted by Crippen LogP contribution is 2.16. The molecule has 0 saturated carbocycles. The van der Waals surface area contributed by atoms with Gasteiger partial charge in [-0.25, -0.2) is 4.99 Å². The molecule has 0 fully saturated rings. The summed E-state index contributed by atoms with van der Waals surface area (Å²) in [5.74, 6) is 3.15. The Hall–Kier alpha value is -3.46. The van der Waals surface area contributed by atoms with E-state index in [0.717, 1.165) is 11.4 Å². The maximum absolute atomic E-state index is 11.9. The number of nitrogens with two attached hydrogens (primary N) is 1. The summed E-state index contributed by atoms with van der Waals surface area (Å²) in [4.78, 5) is 16.0. The second-order valence-electron chi connectivity index (χ2n) is 5.79. The minimum atomic E-state index is -0.287. The van der Waals surface area contributed by atoms with E-state index in [4.69, 9.17) is 16.9 Å². The Morgan fingerprint density at radius 1 is 1.19 bits per heavy atom. The molecule has 0 heterocycles. The molecule has 0 saturated heterocycles. The zero-order chi connectivity index (χ0) is 18.9. The number of nitrogens with zero attached hydrogens (tertiary/aromatic N) is 1. The van der Waals surface area contributed by atoms with E-state index in [2.05, 4.69) is 21.5 Å². The zero-order valence-corrected chi connectivity index (χ0v) is 14.8. The van der Waals surface area contributed by atoms with Crippen molar-refractivity contribution in [3.8, 4) is 18.1 Å². The van der Waals surface area contributed by atoms with Crippen LogP contribution in [0.1, 0.15) is 19.4 Å². The Morgan fingerprint density at radius 2 is 1.92 bits per heavy atom. The van der Waals surface area contributed by atoms with Crippen LogP contribution >= 0.6 is 0 Å². The molecule has 4 N–H and O–H groups in total. The molecule has 0 spiro atoms. The molecule has 2 rings (SSSR count). The molecule has 1 amide bonds. The van der Waals surface area contributed by atoms with Gasteiger partial charge in [-0.05, 0) is 56.3 Å². The first-order valence-corrected chi connectivity index (χ1v) is 8.16. The Labute approximate surface area is 153 Å². The number of hydrogen-bond donors (Lipinski definition) is 3.